The standard InChI is InChI=1S/C22H30N4O/c1-5-25-11-13-26(14-12-25)22(27)20-10-9-18(15-23-20)24-21-17(4)7-6-8-19(21)16(2)3/h6-10,15-16,24H,5,11-14H2,1-4H3. The number of aryl methyl sites for hydroxylation is 1. The van der Waals surface area contributed by atoms with Gasteiger partial charge >= 0.3 is 0 Å². The molecule has 2 aromatic rings. The maximum atomic E-state index is 12.7. The molecule has 0 spiro atoms. The Bertz CT molecular complexity index is 777. The monoisotopic (exact) mass is 366 g/mol. The molecule has 0 bridgehead atoms. The van der Waals surface area contributed by atoms with Crippen LogP contribution >= 0.6 is 0 Å². The van der Waals surface area contributed by atoms with E-state index < -0.39 is 0 Å². The van der Waals surface area contributed by atoms with Crippen molar-refractivity contribution in [1.82, 2.24) is 14.8 Å². The minimum Gasteiger partial charge on any atom is -0.354 e. The highest BCUT2D eigenvalue weighted by Crippen LogP contribution is 2.30. The van der Waals surface area contributed by atoms with Crippen molar-refractivity contribution in [3.63, 3.8) is 0 Å². The number of hydrogen-bond donors (Lipinski definition) is 1. The number of hydrogen-bond acceptors (Lipinski definition) is 4. The summed E-state index contributed by atoms with van der Waals surface area (Å²) in [6, 6.07) is 10.1. The molecule has 0 saturated carbocycles. The van der Waals surface area contributed by atoms with Crippen LogP contribution in [0.2, 0.25) is 0 Å². The lowest BCUT2D eigenvalue weighted by Crippen LogP contribution is -2.48. The van der Waals surface area contributed by atoms with E-state index in [1.165, 1.54) is 11.1 Å². The van der Waals surface area contributed by atoms with Crippen LogP contribution in [0.3, 0.4) is 0 Å². The van der Waals surface area contributed by atoms with Gasteiger partial charge in [-0.2, -0.15) is 0 Å². The molecule has 5 nitrogen and oxygen atoms in total. The quantitative estimate of drug-likeness (QED) is 0.868. The molecule has 0 unspecified atom stereocenters. The number of benzene rings is 1. The molecule has 144 valence electrons. The molecular formula is C22H30N4O. The summed E-state index contributed by atoms with van der Waals surface area (Å²) >= 11 is 0. The summed E-state index contributed by atoms with van der Waals surface area (Å²) in [5.41, 5.74) is 5.03. The van der Waals surface area contributed by atoms with Crippen LogP contribution in [0.15, 0.2) is 36.5 Å². The van der Waals surface area contributed by atoms with E-state index in [4.69, 9.17) is 0 Å². The Hall–Kier alpha value is -2.40. The van der Waals surface area contributed by atoms with E-state index in [0.29, 0.717) is 11.6 Å². The van der Waals surface area contributed by atoms with Crippen LogP contribution in [0.25, 0.3) is 0 Å². The topological polar surface area (TPSA) is 48.5 Å². The number of amides is 1. The zero-order valence-corrected chi connectivity index (χ0v) is 16.8. The highest BCUT2D eigenvalue weighted by atomic mass is 16.2. The van der Waals surface area contributed by atoms with E-state index in [2.05, 4.69) is 61.1 Å². The van der Waals surface area contributed by atoms with Crippen molar-refractivity contribution in [2.45, 2.75) is 33.6 Å². The molecule has 0 radical (unpaired) electrons. The van der Waals surface area contributed by atoms with Crippen molar-refractivity contribution in [3.05, 3.63) is 53.3 Å². The Balaban J connectivity index is 1.70. The molecule has 5 heteroatoms. The first-order chi connectivity index (χ1) is 13.0. The fourth-order valence-corrected chi connectivity index (χ4v) is 3.51. The summed E-state index contributed by atoms with van der Waals surface area (Å²) in [4.78, 5) is 21.4. The van der Waals surface area contributed by atoms with Crippen molar-refractivity contribution < 1.29 is 4.79 Å². The van der Waals surface area contributed by atoms with Gasteiger partial charge in [0.05, 0.1) is 11.9 Å². The third kappa shape index (κ3) is 4.48. The van der Waals surface area contributed by atoms with Gasteiger partial charge in [0.25, 0.3) is 5.91 Å². The zero-order chi connectivity index (χ0) is 19.4. The van der Waals surface area contributed by atoms with E-state index in [0.717, 1.165) is 44.1 Å². The van der Waals surface area contributed by atoms with Gasteiger partial charge in [-0.3, -0.25) is 4.79 Å². The van der Waals surface area contributed by atoms with Crippen molar-refractivity contribution in [3.8, 4) is 0 Å². The van der Waals surface area contributed by atoms with Gasteiger partial charge in [0, 0.05) is 31.9 Å². The van der Waals surface area contributed by atoms with E-state index >= 15 is 0 Å². The Morgan fingerprint density at radius 3 is 2.48 bits per heavy atom. The average Bonchev–Trinajstić information content (AvgIpc) is 2.69. The van der Waals surface area contributed by atoms with Gasteiger partial charge in [0.1, 0.15) is 5.69 Å². The second kappa shape index (κ2) is 8.53. The number of aromatic nitrogens is 1. The van der Waals surface area contributed by atoms with Crippen LogP contribution in [-0.2, 0) is 0 Å². The first-order valence-corrected chi connectivity index (χ1v) is 9.83. The molecule has 2 heterocycles. The lowest BCUT2D eigenvalue weighted by molar-refractivity contribution is 0.0637. The molecule has 1 aliphatic heterocycles. The predicted octanol–water partition coefficient (Wildman–Crippen LogP) is 4.03. The lowest BCUT2D eigenvalue weighted by Gasteiger charge is -2.33. The van der Waals surface area contributed by atoms with Gasteiger partial charge in [0.15, 0.2) is 0 Å². The third-order valence-corrected chi connectivity index (χ3v) is 5.29. The van der Waals surface area contributed by atoms with E-state index in [-0.39, 0.29) is 5.91 Å². The largest absolute Gasteiger partial charge is 0.354 e. The van der Waals surface area contributed by atoms with Gasteiger partial charge in [-0.25, -0.2) is 4.98 Å². The van der Waals surface area contributed by atoms with Crippen molar-refractivity contribution in [2.75, 3.05) is 38.0 Å². The minimum atomic E-state index is 0.0241. The van der Waals surface area contributed by atoms with Crippen molar-refractivity contribution in [2.24, 2.45) is 0 Å². The molecule has 1 amide bonds. The summed E-state index contributed by atoms with van der Waals surface area (Å²) in [5, 5.41) is 3.49. The first kappa shape index (κ1) is 19.4. The number of carbonyl (C=O) groups is 1. The van der Waals surface area contributed by atoms with Crippen LogP contribution in [0.4, 0.5) is 11.4 Å². The molecule has 3 rings (SSSR count). The number of anilines is 2. The highest BCUT2D eigenvalue weighted by molar-refractivity contribution is 5.92. The van der Waals surface area contributed by atoms with Gasteiger partial charge in [0.2, 0.25) is 0 Å². The molecule has 27 heavy (non-hydrogen) atoms. The Kier molecular flexibility index (Phi) is 6.11. The third-order valence-electron chi connectivity index (χ3n) is 5.29. The maximum absolute atomic E-state index is 12.7. The van der Waals surface area contributed by atoms with Crippen molar-refractivity contribution >= 4 is 17.3 Å². The fourth-order valence-electron chi connectivity index (χ4n) is 3.51. The number of para-hydroxylation sites is 1. The first-order valence-electron chi connectivity index (χ1n) is 9.83. The van der Waals surface area contributed by atoms with E-state index in [9.17, 15) is 4.79 Å². The van der Waals surface area contributed by atoms with Crippen LogP contribution in [0.1, 0.15) is 48.3 Å². The average molecular weight is 367 g/mol. The summed E-state index contributed by atoms with van der Waals surface area (Å²) < 4.78 is 0. The van der Waals surface area contributed by atoms with E-state index in [1.807, 2.05) is 17.0 Å². The summed E-state index contributed by atoms with van der Waals surface area (Å²) in [5.74, 6) is 0.457. The Labute approximate surface area is 162 Å². The molecule has 1 saturated heterocycles. The van der Waals surface area contributed by atoms with Crippen LogP contribution in [0, 0.1) is 6.92 Å². The highest BCUT2D eigenvalue weighted by Gasteiger charge is 2.22. The molecule has 0 aliphatic carbocycles. The fraction of sp³-hybridized carbons (Fsp3) is 0.455. The number of carbonyl (C=O) groups excluding carboxylic acids is 1. The SMILES string of the molecule is CCN1CCN(C(=O)c2ccc(Nc3c(C)cccc3C(C)C)cn2)CC1. The van der Waals surface area contributed by atoms with Gasteiger partial charge in [-0.1, -0.05) is 39.0 Å². The van der Waals surface area contributed by atoms with Crippen LogP contribution in [0.5, 0.6) is 0 Å². The second-order valence-corrected chi connectivity index (χ2v) is 7.48. The van der Waals surface area contributed by atoms with Gasteiger partial charge in [-0.05, 0) is 42.6 Å². The Morgan fingerprint density at radius 1 is 1.15 bits per heavy atom. The number of pyridine rings is 1. The maximum Gasteiger partial charge on any atom is 0.272 e. The summed E-state index contributed by atoms with van der Waals surface area (Å²) in [6.45, 7) is 13.1. The summed E-state index contributed by atoms with van der Waals surface area (Å²) in [7, 11) is 0. The van der Waals surface area contributed by atoms with Crippen LogP contribution < -0.4 is 5.32 Å². The molecule has 1 aromatic heterocycles. The second-order valence-electron chi connectivity index (χ2n) is 7.48. The molecule has 1 aromatic carbocycles. The zero-order valence-electron chi connectivity index (χ0n) is 16.8. The number of nitrogens with zero attached hydrogens (tertiary/aromatic N) is 3. The minimum absolute atomic E-state index is 0.0241. The van der Waals surface area contributed by atoms with Crippen molar-refractivity contribution in [1.29, 1.82) is 0 Å². The molecule has 1 aliphatic rings. The molecule has 0 atom stereocenters. The predicted molar refractivity (Wildman–Crippen MR) is 111 cm³/mol. The number of likely N-dealkylation sites (N-methyl/N-ethyl adjacent to an activating group) is 1. The smallest absolute Gasteiger partial charge is 0.272 e. The molecule has 1 N–H and O–H groups in total. The Morgan fingerprint density at radius 2 is 1.89 bits per heavy atom. The summed E-state index contributed by atoms with van der Waals surface area (Å²) in [6.07, 6.45) is 1.76. The molecule has 1 fully saturated rings. The van der Waals surface area contributed by atoms with Gasteiger partial charge < -0.3 is 15.1 Å². The number of piperazine rings is 1. The normalized spacial score (nSPS) is 15.2. The lowest BCUT2D eigenvalue weighted by atomic mass is 9.98. The molecular weight excluding hydrogens is 336 g/mol. The number of nitrogens with one attached hydrogen (secondary N) is 1. The van der Waals surface area contributed by atoms with Gasteiger partial charge in [-0.15, -0.1) is 0 Å². The van der Waals surface area contributed by atoms with Crippen LogP contribution in [-0.4, -0.2) is 53.4 Å². The van der Waals surface area contributed by atoms with E-state index in [1.54, 1.807) is 6.20 Å². The number of rotatable bonds is 5.